The van der Waals surface area contributed by atoms with E-state index in [-0.39, 0.29) is 10.6 Å². The van der Waals surface area contributed by atoms with Gasteiger partial charge in [-0.05, 0) is 64.5 Å². The number of piperidine rings is 1. The summed E-state index contributed by atoms with van der Waals surface area (Å²) in [4.78, 5) is 15.1. The van der Waals surface area contributed by atoms with Crippen LogP contribution in [0.3, 0.4) is 0 Å². The van der Waals surface area contributed by atoms with Gasteiger partial charge in [0.2, 0.25) is 0 Å². The lowest BCUT2D eigenvalue weighted by Gasteiger charge is -2.32. The molecule has 0 spiro atoms. The number of nitro groups is 1. The third kappa shape index (κ3) is 5.10. The van der Waals surface area contributed by atoms with Gasteiger partial charge in [0.05, 0.1) is 4.92 Å². The smallest absolute Gasteiger partial charge is 0.269 e. The molecule has 1 aromatic carbocycles. The minimum atomic E-state index is -0.322. The fourth-order valence-electron chi connectivity index (χ4n) is 2.90. The van der Waals surface area contributed by atoms with Crippen LogP contribution in [0.25, 0.3) is 0 Å². The van der Waals surface area contributed by atoms with E-state index in [0.717, 1.165) is 37.7 Å². The lowest BCUT2D eigenvalue weighted by molar-refractivity contribution is -0.384. The molecular formula is C16H25N3O2. The van der Waals surface area contributed by atoms with E-state index in [1.165, 1.54) is 19.3 Å². The number of hydrogen-bond donors (Lipinski definition) is 0. The predicted molar refractivity (Wildman–Crippen MR) is 84.3 cm³/mol. The molecule has 0 unspecified atom stereocenters. The monoisotopic (exact) mass is 291 g/mol. The average molecular weight is 291 g/mol. The van der Waals surface area contributed by atoms with Crippen molar-refractivity contribution in [1.29, 1.82) is 0 Å². The van der Waals surface area contributed by atoms with Crippen molar-refractivity contribution in [3.63, 3.8) is 0 Å². The Balaban J connectivity index is 1.80. The van der Waals surface area contributed by atoms with Gasteiger partial charge in [0.1, 0.15) is 0 Å². The third-order valence-electron chi connectivity index (χ3n) is 4.22. The second kappa shape index (κ2) is 7.52. The van der Waals surface area contributed by atoms with Gasteiger partial charge in [-0.15, -0.1) is 0 Å². The van der Waals surface area contributed by atoms with E-state index in [1.807, 2.05) is 6.07 Å². The van der Waals surface area contributed by atoms with Crippen LogP contribution in [0.2, 0.25) is 0 Å². The quantitative estimate of drug-likeness (QED) is 0.597. The average Bonchev–Trinajstić information content (AvgIpc) is 2.47. The molecule has 0 radical (unpaired) electrons. The largest absolute Gasteiger partial charge is 0.309 e. The summed E-state index contributed by atoms with van der Waals surface area (Å²) >= 11 is 0. The first-order chi connectivity index (χ1) is 10.0. The summed E-state index contributed by atoms with van der Waals surface area (Å²) in [6.45, 7) is 4.18. The third-order valence-corrected chi connectivity index (χ3v) is 4.22. The molecule has 1 saturated heterocycles. The van der Waals surface area contributed by atoms with Crippen LogP contribution in [0.1, 0.15) is 24.8 Å². The van der Waals surface area contributed by atoms with Gasteiger partial charge in [0.25, 0.3) is 5.69 Å². The summed E-state index contributed by atoms with van der Waals surface area (Å²) < 4.78 is 0. The van der Waals surface area contributed by atoms with Crippen LogP contribution in [0.5, 0.6) is 0 Å². The minimum Gasteiger partial charge on any atom is -0.309 e. The Morgan fingerprint density at radius 1 is 1.33 bits per heavy atom. The molecule has 1 heterocycles. The van der Waals surface area contributed by atoms with Crippen LogP contribution < -0.4 is 0 Å². The highest BCUT2D eigenvalue weighted by atomic mass is 16.6. The van der Waals surface area contributed by atoms with Gasteiger partial charge in [-0.1, -0.05) is 12.1 Å². The van der Waals surface area contributed by atoms with Crippen molar-refractivity contribution in [1.82, 2.24) is 9.80 Å². The fourth-order valence-corrected chi connectivity index (χ4v) is 2.90. The number of non-ortho nitro benzene ring substituents is 1. The number of rotatable bonds is 6. The van der Waals surface area contributed by atoms with E-state index in [2.05, 4.69) is 23.9 Å². The molecule has 5 heteroatoms. The second-order valence-corrected chi connectivity index (χ2v) is 6.24. The number of hydrogen-bond acceptors (Lipinski definition) is 4. The van der Waals surface area contributed by atoms with Crippen molar-refractivity contribution in [3.05, 3.63) is 39.9 Å². The first-order valence-electron chi connectivity index (χ1n) is 7.65. The number of likely N-dealkylation sites (tertiary alicyclic amines) is 1. The molecule has 5 nitrogen and oxygen atoms in total. The van der Waals surface area contributed by atoms with E-state index in [0.29, 0.717) is 0 Å². The molecule has 1 aromatic rings. The summed E-state index contributed by atoms with van der Waals surface area (Å²) in [6, 6.07) is 7.00. The Hall–Kier alpha value is -1.46. The number of nitrogens with zero attached hydrogens (tertiary/aromatic N) is 3. The van der Waals surface area contributed by atoms with Crippen molar-refractivity contribution in [3.8, 4) is 0 Å². The van der Waals surface area contributed by atoms with E-state index in [9.17, 15) is 10.1 Å². The van der Waals surface area contributed by atoms with Crippen LogP contribution >= 0.6 is 0 Å². The molecule has 0 atom stereocenters. The summed E-state index contributed by atoms with van der Waals surface area (Å²) in [7, 11) is 4.24. The van der Waals surface area contributed by atoms with E-state index in [4.69, 9.17) is 0 Å². The maximum absolute atomic E-state index is 10.8. The van der Waals surface area contributed by atoms with Crippen LogP contribution in [0.4, 0.5) is 5.69 Å². The lowest BCUT2D eigenvalue weighted by Crippen LogP contribution is -2.34. The molecule has 2 rings (SSSR count). The second-order valence-electron chi connectivity index (χ2n) is 6.24. The fraction of sp³-hybridized carbons (Fsp3) is 0.625. The zero-order valence-electron chi connectivity index (χ0n) is 13.0. The summed E-state index contributed by atoms with van der Waals surface area (Å²) in [5, 5.41) is 10.8. The Morgan fingerprint density at radius 3 is 2.67 bits per heavy atom. The zero-order chi connectivity index (χ0) is 15.2. The highest BCUT2D eigenvalue weighted by Crippen LogP contribution is 2.22. The standard InChI is InChI=1S/C16H25N3O2/c1-17(2)9-6-14-7-10-18(11-8-14)13-15-4-3-5-16(12-15)19(20)21/h3-5,12,14H,6-11,13H2,1-2H3. The molecule has 1 aliphatic heterocycles. The van der Waals surface area contributed by atoms with Gasteiger partial charge in [-0.2, -0.15) is 0 Å². The SMILES string of the molecule is CN(C)CCC1CCN(Cc2cccc([N+](=O)[O-])c2)CC1. The molecule has 0 aliphatic carbocycles. The van der Waals surface area contributed by atoms with Gasteiger partial charge in [0, 0.05) is 18.7 Å². The zero-order valence-corrected chi connectivity index (χ0v) is 13.0. The molecule has 0 N–H and O–H groups in total. The predicted octanol–water partition coefficient (Wildman–Crippen LogP) is 2.76. The van der Waals surface area contributed by atoms with Crippen molar-refractivity contribution in [2.24, 2.45) is 5.92 Å². The molecule has 1 aliphatic rings. The highest BCUT2D eigenvalue weighted by molar-refractivity contribution is 5.34. The van der Waals surface area contributed by atoms with Crippen molar-refractivity contribution in [2.45, 2.75) is 25.8 Å². The van der Waals surface area contributed by atoms with E-state index < -0.39 is 0 Å². The molecule has 21 heavy (non-hydrogen) atoms. The Bertz CT molecular complexity index is 468. The molecule has 0 bridgehead atoms. The highest BCUT2D eigenvalue weighted by Gasteiger charge is 2.19. The topological polar surface area (TPSA) is 49.6 Å². The van der Waals surface area contributed by atoms with Crippen LogP contribution in [0, 0.1) is 16.0 Å². The molecule has 0 amide bonds. The maximum atomic E-state index is 10.8. The molecular weight excluding hydrogens is 266 g/mol. The number of nitro benzene ring substituents is 1. The molecule has 0 saturated carbocycles. The molecule has 1 fully saturated rings. The van der Waals surface area contributed by atoms with Crippen LogP contribution in [0.15, 0.2) is 24.3 Å². The number of benzene rings is 1. The van der Waals surface area contributed by atoms with Crippen molar-refractivity contribution >= 4 is 5.69 Å². The first-order valence-corrected chi connectivity index (χ1v) is 7.65. The van der Waals surface area contributed by atoms with E-state index >= 15 is 0 Å². The van der Waals surface area contributed by atoms with Gasteiger partial charge in [-0.25, -0.2) is 0 Å². The summed E-state index contributed by atoms with van der Waals surface area (Å²) in [5.41, 5.74) is 1.23. The Kier molecular flexibility index (Phi) is 5.70. The summed E-state index contributed by atoms with van der Waals surface area (Å²) in [5.74, 6) is 0.828. The Labute approximate surface area is 126 Å². The van der Waals surface area contributed by atoms with Crippen LogP contribution in [-0.2, 0) is 6.54 Å². The van der Waals surface area contributed by atoms with Crippen molar-refractivity contribution in [2.75, 3.05) is 33.7 Å². The van der Waals surface area contributed by atoms with Gasteiger partial charge < -0.3 is 4.90 Å². The minimum absolute atomic E-state index is 0.188. The molecule has 116 valence electrons. The van der Waals surface area contributed by atoms with Crippen LogP contribution in [-0.4, -0.2) is 48.5 Å². The van der Waals surface area contributed by atoms with Gasteiger partial charge >= 0.3 is 0 Å². The van der Waals surface area contributed by atoms with Crippen molar-refractivity contribution < 1.29 is 4.92 Å². The van der Waals surface area contributed by atoms with Gasteiger partial charge in [-0.3, -0.25) is 15.0 Å². The lowest BCUT2D eigenvalue weighted by atomic mass is 9.93. The summed E-state index contributed by atoms with van der Waals surface area (Å²) in [6.07, 6.45) is 3.75. The first kappa shape index (κ1) is 15.9. The van der Waals surface area contributed by atoms with E-state index in [1.54, 1.807) is 18.2 Å². The van der Waals surface area contributed by atoms with Gasteiger partial charge in [0.15, 0.2) is 0 Å². The Morgan fingerprint density at radius 2 is 2.05 bits per heavy atom. The maximum Gasteiger partial charge on any atom is 0.269 e. The molecule has 0 aromatic heterocycles. The normalized spacial score (nSPS) is 17.3.